The Bertz CT molecular complexity index is 921. The van der Waals surface area contributed by atoms with Crippen molar-refractivity contribution in [2.75, 3.05) is 5.32 Å². The number of ketones is 1. The number of nitrogens with zero attached hydrogens (tertiary/aromatic N) is 2. The molecular weight excluding hydrogens is 310 g/mol. The molecule has 124 valence electrons. The normalized spacial score (nSPS) is 16.4. The molecule has 1 N–H and O–H groups in total. The van der Waals surface area contributed by atoms with Gasteiger partial charge >= 0.3 is 0 Å². The fraction of sp³-hybridized carbons (Fsp3) is 0.190. The number of nitrogens with one attached hydrogen (secondary N) is 1. The molecule has 4 nitrogen and oxygen atoms in total. The minimum atomic E-state index is 0.124. The van der Waals surface area contributed by atoms with Crippen molar-refractivity contribution in [1.82, 2.24) is 9.97 Å². The Morgan fingerprint density at radius 1 is 1.04 bits per heavy atom. The Kier molecular flexibility index (Phi) is 4.02. The first-order chi connectivity index (χ1) is 12.2. The van der Waals surface area contributed by atoms with Crippen LogP contribution in [0.15, 0.2) is 60.8 Å². The number of aromatic nitrogens is 2. The predicted molar refractivity (Wildman–Crippen MR) is 98.3 cm³/mol. The van der Waals surface area contributed by atoms with E-state index in [1.54, 1.807) is 6.20 Å². The topological polar surface area (TPSA) is 54.9 Å². The first kappa shape index (κ1) is 15.5. The molecule has 0 bridgehead atoms. The van der Waals surface area contributed by atoms with Gasteiger partial charge in [-0.1, -0.05) is 48.0 Å². The van der Waals surface area contributed by atoms with Crippen molar-refractivity contribution in [3.05, 3.63) is 83.2 Å². The number of rotatable bonds is 3. The van der Waals surface area contributed by atoms with Gasteiger partial charge in [-0.3, -0.25) is 4.79 Å². The average molecular weight is 329 g/mol. The van der Waals surface area contributed by atoms with Gasteiger partial charge < -0.3 is 5.32 Å². The summed E-state index contributed by atoms with van der Waals surface area (Å²) >= 11 is 0. The van der Waals surface area contributed by atoms with Crippen molar-refractivity contribution in [3.8, 4) is 0 Å². The van der Waals surface area contributed by atoms with Gasteiger partial charge in [0.15, 0.2) is 5.78 Å². The third kappa shape index (κ3) is 3.29. The number of para-hydroxylation sites is 1. The van der Waals surface area contributed by atoms with Crippen LogP contribution < -0.4 is 5.32 Å². The lowest BCUT2D eigenvalue weighted by Gasteiger charge is -2.23. The smallest absolute Gasteiger partial charge is 0.227 e. The second-order valence-electron chi connectivity index (χ2n) is 6.49. The SMILES string of the molecule is Cc1cccc(C2CC(=O)c3cnc(Nc4ccccc4)nc3C2)c1. The van der Waals surface area contributed by atoms with Crippen molar-refractivity contribution >= 4 is 17.4 Å². The molecule has 4 rings (SSSR count). The van der Waals surface area contributed by atoms with Crippen molar-refractivity contribution < 1.29 is 4.79 Å². The highest BCUT2D eigenvalue weighted by atomic mass is 16.1. The van der Waals surface area contributed by atoms with Gasteiger partial charge in [-0.25, -0.2) is 9.97 Å². The summed E-state index contributed by atoms with van der Waals surface area (Å²) in [5, 5.41) is 3.20. The van der Waals surface area contributed by atoms with E-state index in [0.717, 1.165) is 17.8 Å². The lowest BCUT2D eigenvalue weighted by molar-refractivity contribution is 0.0962. The molecule has 0 aliphatic heterocycles. The molecule has 0 saturated heterocycles. The number of fused-ring (bicyclic) bond motifs is 1. The molecule has 3 aromatic rings. The molecule has 1 atom stereocenters. The van der Waals surface area contributed by atoms with Crippen LogP contribution in [0.3, 0.4) is 0 Å². The molecule has 0 saturated carbocycles. The summed E-state index contributed by atoms with van der Waals surface area (Å²) in [6.07, 6.45) is 2.93. The highest BCUT2D eigenvalue weighted by Crippen LogP contribution is 2.32. The lowest BCUT2D eigenvalue weighted by atomic mass is 9.82. The molecular formula is C21H19N3O. The zero-order valence-electron chi connectivity index (χ0n) is 14.1. The van der Waals surface area contributed by atoms with E-state index < -0.39 is 0 Å². The first-order valence-corrected chi connectivity index (χ1v) is 8.47. The van der Waals surface area contributed by atoms with Crippen LogP contribution in [0.5, 0.6) is 0 Å². The van der Waals surface area contributed by atoms with Gasteiger partial charge in [0.05, 0.1) is 11.3 Å². The van der Waals surface area contributed by atoms with Crippen molar-refractivity contribution in [2.45, 2.75) is 25.7 Å². The third-order valence-corrected chi connectivity index (χ3v) is 4.58. The summed E-state index contributed by atoms with van der Waals surface area (Å²) in [6, 6.07) is 18.2. The maximum Gasteiger partial charge on any atom is 0.227 e. The minimum Gasteiger partial charge on any atom is -0.324 e. The molecule has 0 spiro atoms. The van der Waals surface area contributed by atoms with Crippen LogP contribution in [0.25, 0.3) is 0 Å². The molecule has 0 amide bonds. The number of benzene rings is 2. The van der Waals surface area contributed by atoms with Gasteiger partial charge in [0.25, 0.3) is 0 Å². The largest absolute Gasteiger partial charge is 0.324 e. The summed E-state index contributed by atoms with van der Waals surface area (Å²) in [5.41, 5.74) is 4.83. The fourth-order valence-corrected chi connectivity index (χ4v) is 3.32. The van der Waals surface area contributed by atoms with E-state index in [9.17, 15) is 4.79 Å². The van der Waals surface area contributed by atoms with Crippen LogP contribution in [0.4, 0.5) is 11.6 Å². The number of aryl methyl sites for hydroxylation is 1. The second kappa shape index (κ2) is 6.48. The number of hydrogen-bond acceptors (Lipinski definition) is 4. The van der Waals surface area contributed by atoms with E-state index in [1.807, 2.05) is 36.4 Å². The number of carbonyl (C=O) groups excluding carboxylic acids is 1. The first-order valence-electron chi connectivity index (χ1n) is 8.47. The zero-order valence-corrected chi connectivity index (χ0v) is 14.1. The maximum absolute atomic E-state index is 12.5. The summed E-state index contributed by atoms with van der Waals surface area (Å²) in [4.78, 5) is 21.4. The van der Waals surface area contributed by atoms with Crippen LogP contribution >= 0.6 is 0 Å². The van der Waals surface area contributed by atoms with E-state index in [0.29, 0.717) is 17.9 Å². The summed E-state index contributed by atoms with van der Waals surface area (Å²) in [7, 11) is 0. The Hall–Kier alpha value is -3.01. The van der Waals surface area contributed by atoms with Crippen LogP contribution in [-0.4, -0.2) is 15.8 Å². The van der Waals surface area contributed by atoms with Crippen molar-refractivity contribution in [1.29, 1.82) is 0 Å². The summed E-state index contributed by atoms with van der Waals surface area (Å²) in [5.74, 6) is 0.834. The fourth-order valence-electron chi connectivity index (χ4n) is 3.32. The monoisotopic (exact) mass is 329 g/mol. The number of carbonyl (C=O) groups is 1. The van der Waals surface area contributed by atoms with E-state index in [1.165, 1.54) is 11.1 Å². The van der Waals surface area contributed by atoms with Crippen LogP contribution in [0.1, 0.15) is 39.5 Å². The van der Waals surface area contributed by atoms with Crippen LogP contribution in [0.2, 0.25) is 0 Å². The van der Waals surface area contributed by atoms with Crippen molar-refractivity contribution in [3.63, 3.8) is 0 Å². The highest BCUT2D eigenvalue weighted by molar-refractivity contribution is 5.98. The molecule has 1 aliphatic rings. The molecule has 1 unspecified atom stereocenters. The zero-order chi connectivity index (χ0) is 17.2. The molecule has 0 radical (unpaired) electrons. The Morgan fingerprint density at radius 2 is 1.88 bits per heavy atom. The molecule has 1 aliphatic carbocycles. The van der Waals surface area contributed by atoms with E-state index in [2.05, 4.69) is 40.4 Å². The third-order valence-electron chi connectivity index (χ3n) is 4.58. The lowest BCUT2D eigenvalue weighted by Crippen LogP contribution is -2.21. The van der Waals surface area contributed by atoms with Gasteiger partial charge in [0.2, 0.25) is 5.95 Å². The van der Waals surface area contributed by atoms with E-state index in [-0.39, 0.29) is 11.7 Å². The minimum absolute atomic E-state index is 0.124. The molecule has 0 fully saturated rings. The Balaban J connectivity index is 1.63. The van der Waals surface area contributed by atoms with Crippen LogP contribution in [-0.2, 0) is 6.42 Å². The molecule has 1 heterocycles. The van der Waals surface area contributed by atoms with Crippen LogP contribution in [0, 0.1) is 6.92 Å². The number of hydrogen-bond donors (Lipinski definition) is 1. The van der Waals surface area contributed by atoms with Crippen molar-refractivity contribution in [2.24, 2.45) is 0 Å². The molecule has 25 heavy (non-hydrogen) atoms. The average Bonchev–Trinajstić information content (AvgIpc) is 2.62. The van der Waals surface area contributed by atoms with E-state index >= 15 is 0 Å². The number of Topliss-reactive ketones (excluding diaryl/α,β-unsaturated/α-hetero) is 1. The quantitative estimate of drug-likeness (QED) is 0.772. The van der Waals surface area contributed by atoms with Gasteiger partial charge in [-0.05, 0) is 37.0 Å². The standard InChI is InChI=1S/C21H19N3O/c1-14-6-5-7-15(10-14)16-11-19-18(20(25)12-16)13-22-21(24-19)23-17-8-3-2-4-9-17/h2-10,13,16H,11-12H2,1H3,(H,22,23,24). The molecule has 4 heteroatoms. The summed E-state index contributed by atoms with van der Waals surface area (Å²) in [6.45, 7) is 2.08. The maximum atomic E-state index is 12.5. The van der Waals surface area contributed by atoms with E-state index in [4.69, 9.17) is 0 Å². The number of anilines is 2. The predicted octanol–water partition coefficient (Wildman–Crippen LogP) is 4.44. The van der Waals surface area contributed by atoms with Gasteiger partial charge in [0.1, 0.15) is 0 Å². The molecule has 1 aromatic heterocycles. The van der Waals surface area contributed by atoms with Gasteiger partial charge in [-0.15, -0.1) is 0 Å². The highest BCUT2D eigenvalue weighted by Gasteiger charge is 2.28. The Labute approximate surface area is 147 Å². The van der Waals surface area contributed by atoms with Gasteiger partial charge in [-0.2, -0.15) is 0 Å². The molecule has 2 aromatic carbocycles. The second-order valence-corrected chi connectivity index (χ2v) is 6.49. The summed E-state index contributed by atoms with van der Waals surface area (Å²) < 4.78 is 0. The van der Waals surface area contributed by atoms with Gasteiger partial charge in [0, 0.05) is 18.3 Å². The Morgan fingerprint density at radius 3 is 2.68 bits per heavy atom.